The first-order chi connectivity index (χ1) is 12.6. The van der Waals surface area contributed by atoms with E-state index in [1.807, 2.05) is 32.0 Å². The zero-order chi connectivity index (χ0) is 18.1. The fraction of sp³-hybridized carbons (Fsp3) is 0.273. The molecule has 3 nitrogen and oxygen atoms in total. The van der Waals surface area contributed by atoms with Gasteiger partial charge in [-0.25, -0.2) is 9.97 Å². The monoisotopic (exact) mass is 363 g/mol. The highest BCUT2D eigenvalue weighted by Gasteiger charge is 2.20. The van der Waals surface area contributed by atoms with E-state index in [4.69, 9.17) is 11.6 Å². The van der Waals surface area contributed by atoms with Crippen LogP contribution in [0.15, 0.2) is 48.5 Å². The number of fused-ring (bicyclic) bond motifs is 1. The fourth-order valence-corrected chi connectivity index (χ4v) is 3.80. The lowest BCUT2D eigenvalue weighted by Gasteiger charge is -2.27. The van der Waals surface area contributed by atoms with Crippen LogP contribution in [0, 0.1) is 13.8 Å². The quantitative estimate of drug-likeness (QED) is 0.629. The number of anilines is 1. The van der Waals surface area contributed by atoms with Gasteiger partial charge >= 0.3 is 0 Å². The molecule has 0 fully saturated rings. The van der Waals surface area contributed by atoms with E-state index in [1.165, 1.54) is 17.5 Å². The summed E-state index contributed by atoms with van der Waals surface area (Å²) in [5, 5.41) is 4.39. The van der Waals surface area contributed by atoms with Gasteiger partial charge in [0.1, 0.15) is 11.6 Å². The molecular weight excluding hydrogens is 342 g/mol. The Labute approximate surface area is 159 Å². The first-order valence-corrected chi connectivity index (χ1v) is 9.44. The van der Waals surface area contributed by atoms with Crippen LogP contribution in [0.1, 0.15) is 41.4 Å². The highest BCUT2D eigenvalue weighted by atomic mass is 35.5. The highest BCUT2D eigenvalue weighted by Crippen LogP contribution is 2.33. The van der Waals surface area contributed by atoms with Crippen molar-refractivity contribution < 1.29 is 0 Å². The first-order valence-electron chi connectivity index (χ1n) is 9.07. The predicted octanol–water partition coefficient (Wildman–Crippen LogP) is 5.90. The molecule has 1 aliphatic rings. The highest BCUT2D eigenvalue weighted by molar-refractivity contribution is 6.31. The van der Waals surface area contributed by atoms with Crippen LogP contribution in [0.5, 0.6) is 0 Å². The standard InChI is InChI=1S/C22H22ClN3/c1-14-10-11-17(12-19(14)23)21-13-22(25-15(2)24-21)26-20-9-5-7-16-6-3-4-8-18(16)20/h3-4,6,8,10-13,20H,5,7,9H2,1-2H3,(H,24,25,26)/t20-/m1/s1. The predicted molar refractivity (Wildman–Crippen MR) is 108 cm³/mol. The van der Waals surface area contributed by atoms with Gasteiger partial charge in [0, 0.05) is 16.7 Å². The van der Waals surface area contributed by atoms with Gasteiger partial charge in [0.2, 0.25) is 0 Å². The number of halogens is 1. The number of hydrogen-bond donors (Lipinski definition) is 1. The van der Waals surface area contributed by atoms with Crippen molar-refractivity contribution in [1.82, 2.24) is 9.97 Å². The molecule has 132 valence electrons. The van der Waals surface area contributed by atoms with Gasteiger partial charge in [-0.15, -0.1) is 0 Å². The molecule has 3 aromatic rings. The van der Waals surface area contributed by atoms with Crippen LogP contribution >= 0.6 is 11.6 Å². The third-order valence-electron chi connectivity index (χ3n) is 5.00. The van der Waals surface area contributed by atoms with Crippen molar-refractivity contribution >= 4 is 17.4 Å². The molecule has 26 heavy (non-hydrogen) atoms. The second-order valence-electron chi connectivity index (χ2n) is 6.94. The zero-order valence-corrected chi connectivity index (χ0v) is 15.8. The van der Waals surface area contributed by atoms with E-state index in [1.54, 1.807) is 0 Å². The summed E-state index contributed by atoms with van der Waals surface area (Å²) in [5.41, 5.74) is 5.80. The number of benzene rings is 2. The van der Waals surface area contributed by atoms with Crippen LogP contribution in [-0.2, 0) is 6.42 Å². The topological polar surface area (TPSA) is 37.8 Å². The molecular formula is C22H22ClN3. The number of nitrogens with zero attached hydrogens (tertiary/aromatic N) is 2. The lowest BCUT2D eigenvalue weighted by molar-refractivity contribution is 0.598. The Balaban J connectivity index is 1.66. The van der Waals surface area contributed by atoms with Crippen LogP contribution in [0.2, 0.25) is 5.02 Å². The van der Waals surface area contributed by atoms with Gasteiger partial charge in [0.25, 0.3) is 0 Å². The Morgan fingerprint density at radius 1 is 1.04 bits per heavy atom. The maximum atomic E-state index is 6.30. The summed E-state index contributed by atoms with van der Waals surface area (Å²) in [6.45, 7) is 3.93. The normalized spacial score (nSPS) is 16.2. The zero-order valence-electron chi connectivity index (χ0n) is 15.1. The molecule has 0 aliphatic heterocycles. The minimum Gasteiger partial charge on any atom is -0.363 e. The summed E-state index contributed by atoms with van der Waals surface area (Å²) >= 11 is 6.30. The fourth-order valence-electron chi connectivity index (χ4n) is 3.62. The van der Waals surface area contributed by atoms with Crippen molar-refractivity contribution in [2.24, 2.45) is 0 Å². The number of nitrogens with one attached hydrogen (secondary N) is 1. The Kier molecular flexibility index (Phi) is 4.64. The largest absolute Gasteiger partial charge is 0.363 e. The second-order valence-corrected chi connectivity index (χ2v) is 7.34. The van der Waals surface area contributed by atoms with E-state index in [2.05, 4.69) is 45.6 Å². The van der Waals surface area contributed by atoms with Crippen LogP contribution in [-0.4, -0.2) is 9.97 Å². The Hall–Kier alpha value is -2.39. The van der Waals surface area contributed by atoms with Crippen molar-refractivity contribution in [1.29, 1.82) is 0 Å². The van der Waals surface area contributed by atoms with Gasteiger partial charge in [-0.3, -0.25) is 0 Å². The van der Waals surface area contributed by atoms with Gasteiger partial charge in [-0.05, 0) is 55.9 Å². The average Bonchev–Trinajstić information content (AvgIpc) is 2.64. The molecule has 0 spiro atoms. The van der Waals surface area contributed by atoms with Crippen LogP contribution < -0.4 is 5.32 Å². The lowest BCUT2D eigenvalue weighted by atomic mass is 9.88. The number of hydrogen-bond acceptors (Lipinski definition) is 3. The molecule has 1 aromatic heterocycles. The third-order valence-corrected chi connectivity index (χ3v) is 5.40. The lowest BCUT2D eigenvalue weighted by Crippen LogP contribution is -2.18. The maximum Gasteiger partial charge on any atom is 0.130 e. The summed E-state index contributed by atoms with van der Waals surface area (Å²) in [5.74, 6) is 1.62. The molecule has 0 saturated carbocycles. The van der Waals surface area contributed by atoms with Gasteiger partial charge in [-0.2, -0.15) is 0 Å². The summed E-state index contributed by atoms with van der Waals surface area (Å²) in [6, 6.07) is 17.1. The maximum absolute atomic E-state index is 6.30. The van der Waals surface area contributed by atoms with Crippen molar-refractivity contribution in [3.63, 3.8) is 0 Å². The molecule has 4 rings (SSSR count). The third kappa shape index (κ3) is 3.45. The average molecular weight is 364 g/mol. The van der Waals surface area contributed by atoms with E-state index < -0.39 is 0 Å². The second kappa shape index (κ2) is 7.08. The molecule has 1 aliphatic carbocycles. The number of aryl methyl sites for hydroxylation is 3. The van der Waals surface area contributed by atoms with Crippen LogP contribution in [0.4, 0.5) is 5.82 Å². The van der Waals surface area contributed by atoms with E-state index in [0.29, 0.717) is 6.04 Å². The summed E-state index contributed by atoms with van der Waals surface area (Å²) in [6.07, 6.45) is 3.47. The van der Waals surface area contributed by atoms with E-state index in [-0.39, 0.29) is 0 Å². The Morgan fingerprint density at radius 2 is 1.88 bits per heavy atom. The van der Waals surface area contributed by atoms with E-state index >= 15 is 0 Å². The molecule has 1 heterocycles. The molecule has 0 amide bonds. The van der Waals surface area contributed by atoms with Gasteiger partial charge < -0.3 is 5.32 Å². The molecule has 1 N–H and O–H groups in total. The summed E-state index contributed by atoms with van der Waals surface area (Å²) in [7, 11) is 0. The molecule has 4 heteroatoms. The number of rotatable bonds is 3. The van der Waals surface area contributed by atoms with Crippen LogP contribution in [0.3, 0.4) is 0 Å². The summed E-state index contributed by atoms with van der Waals surface area (Å²) < 4.78 is 0. The van der Waals surface area contributed by atoms with Crippen LogP contribution in [0.25, 0.3) is 11.3 Å². The minimum atomic E-state index is 0.295. The van der Waals surface area contributed by atoms with E-state index in [0.717, 1.165) is 46.3 Å². The van der Waals surface area contributed by atoms with Gasteiger partial charge in [-0.1, -0.05) is 48.0 Å². The van der Waals surface area contributed by atoms with Crippen molar-refractivity contribution in [3.05, 3.63) is 76.1 Å². The molecule has 1 atom stereocenters. The Bertz CT molecular complexity index is 952. The van der Waals surface area contributed by atoms with Crippen molar-refractivity contribution in [3.8, 4) is 11.3 Å². The molecule has 2 aromatic carbocycles. The summed E-state index contributed by atoms with van der Waals surface area (Å²) in [4.78, 5) is 9.21. The molecule has 0 unspecified atom stereocenters. The Morgan fingerprint density at radius 3 is 2.73 bits per heavy atom. The molecule has 0 bridgehead atoms. The minimum absolute atomic E-state index is 0.295. The van der Waals surface area contributed by atoms with Gasteiger partial charge in [0.15, 0.2) is 0 Å². The van der Waals surface area contributed by atoms with Crippen molar-refractivity contribution in [2.75, 3.05) is 5.32 Å². The van der Waals surface area contributed by atoms with Gasteiger partial charge in [0.05, 0.1) is 11.7 Å². The SMILES string of the molecule is Cc1nc(N[C@@H]2CCCc3ccccc32)cc(-c2ccc(C)c(Cl)c2)n1. The molecule has 0 radical (unpaired) electrons. The molecule has 0 saturated heterocycles. The van der Waals surface area contributed by atoms with E-state index in [9.17, 15) is 0 Å². The van der Waals surface area contributed by atoms with Crippen molar-refractivity contribution in [2.45, 2.75) is 39.2 Å². The number of aromatic nitrogens is 2. The first kappa shape index (κ1) is 17.0. The smallest absolute Gasteiger partial charge is 0.130 e.